The SMILES string of the molecule is CCc1ccc(C2C(=C([O-])c3ccc(OC)c(C)c3)C(=O)C(=O)N2CC[NH+]2CCOCC2)cc1. The molecule has 7 heteroatoms. The van der Waals surface area contributed by atoms with E-state index in [9.17, 15) is 14.7 Å². The summed E-state index contributed by atoms with van der Waals surface area (Å²) in [6, 6.07) is 12.2. The molecule has 2 aromatic rings. The molecule has 2 aliphatic heterocycles. The zero-order valence-electron chi connectivity index (χ0n) is 20.1. The Balaban J connectivity index is 1.74. The molecule has 1 N–H and O–H groups in total. The van der Waals surface area contributed by atoms with Gasteiger partial charge in [-0.15, -0.1) is 0 Å². The smallest absolute Gasteiger partial charge is 0.295 e. The molecule has 2 aliphatic rings. The van der Waals surface area contributed by atoms with Gasteiger partial charge in [0, 0.05) is 5.57 Å². The third kappa shape index (κ3) is 4.72. The fourth-order valence-corrected chi connectivity index (χ4v) is 4.75. The highest BCUT2D eigenvalue weighted by atomic mass is 16.5. The highest BCUT2D eigenvalue weighted by Crippen LogP contribution is 2.39. The standard InChI is InChI=1S/C27H32N2O5/c1-4-19-5-7-20(8-6-19)24-23(25(30)21-9-10-22(33-3)18(2)17-21)26(31)27(32)29(24)12-11-28-13-15-34-16-14-28/h5-10,17,24,30H,4,11-16H2,1-3H3. The topological polar surface area (TPSA) is 83.3 Å². The average Bonchev–Trinajstić information content (AvgIpc) is 3.12. The monoisotopic (exact) mass is 464 g/mol. The number of carbonyl (C=O) groups excluding carboxylic acids is 2. The summed E-state index contributed by atoms with van der Waals surface area (Å²) in [7, 11) is 1.57. The van der Waals surface area contributed by atoms with Gasteiger partial charge in [0.1, 0.15) is 18.8 Å². The number of rotatable bonds is 7. The van der Waals surface area contributed by atoms with E-state index >= 15 is 0 Å². The van der Waals surface area contributed by atoms with Crippen molar-refractivity contribution in [1.29, 1.82) is 0 Å². The second-order valence-corrected chi connectivity index (χ2v) is 8.86. The normalized spacial score (nSPS) is 20.7. The number of carbonyl (C=O) groups is 2. The summed E-state index contributed by atoms with van der Waals surface area (Å²) in [6.45, 7) is 8.14. The first kappa shape index (κ1) is 24.0. The highest BCUT2D eigenvalue weighted by molar-refractivity contribution is 6.46. The second-order valence-electron chi connectivity index (χ2n) is 8.86. The molecular weight excluding hydrogens is 432 g/mol. The molecule has 1 amide bonds. The Kier molecular flexibility index (Phi) is 7.34. The van der Waals surface area contributed by atoms with E-state index in [1.807, 2.05) is 31.2 Å². The molecule has 0 radical (unpaired) electrons. The van der Waals surface area contributed by atoms with Gasteiger partial charge < -0.3 is 24.4 Å². The first-order chi connectivity index (χ1) is 16.4. The quantitative estimate of drug-likeness (QED) is 0.371. The number of hydrogen-bond acceptors (Lipinski definition) is 5. The third-order valence-corrected chi connectivity index (χ3v) is 6.80. The Morgan fingerprint density at radius 2 is 1.85 bits per heavy atom. The minimum Gasteiger partial charge on any atom is -0.872 e. The predicted octanol–water partition coefficient (Wildman–Crippen LogP) is 0.705. The van der Waals surface area contributed by atoms with E-state index in [-0.39, 0.29) is 5.57 Å². The van der Waals surface area contributed by atoms with Gasteiger partial charge in [-0.2, -0.15) is 0 Å². The molecular formula is C27H32N2O5. The summed E-state index contributed by atoms with van der Waals surface area (Å²) in [6.07, 6.45) is 0.882. The van der Waals surface area contributed by atoms with Gasteiger partial charge in [0.2, 0.25) is 5.78 Å². The lowest BCUT2D eigenvalue weighted by Gasteiger charge is -2.30. The third-order valence-electron chi connectivity index (χ3n) is 6.80. The first-order valence-corrected chi connectivity index (χ1v) is 11.9. The van der Waals surface area contributed by atoms with Gasteiger partial charge >= 0.3 is 0 Å². The number of amides is 1. The Morgan fingerprint density at radius 1 is 1.15 bits per heavy atom. The van der Waals surface area contributed by atoms with Gasteiger partial charge in [-0.3, -0.25) is 9.59 Å². The summed E-state index contributed by atoms with van der Waals surface area (Å²) < 4.78 is 10.7. The van der Waals surface area contributed by atoms with Crippen LogP contribution in [-0.4, -0.2) is 63.1 Å². The van der Waals surface area contributed by atoms with E-state index in [1.54, 1.807) is 30.2 Å². The van der Waals surface area contributed by atoms with Crippen LogP contribution >= 0.6 is 0 Å². The number of hydrogen-bond donors (Lipinski definition) is 1. The summed E-state index contributed by atoms with van der Waals surface area (Å²) in [4.78, 5) is 29.3. The molecule has 1 atom stereocenters. The number of benzene rings is 2. The van der Waals surface area contributed by atoms with Crippen molar-refractivity contribution < 1.29 is 29.1 Å². The van der Waals surface area contributed by atoms with Crippen LogP contribution in [0.3, 0.4) is 0 Å². The lowest BCUT2D eigenvalue weighted by atomic mass is 9.94. The van der Waals surface area contributed by atoms with Gasteiger partial charge in [0.15, 0.2) is 0 Å². The zero-order chi connectivity index (χ0) is 24.2. The summed E-state index contributed by atoms with van der Waals surface area (Å²) in [5.74, 6) is -1.06. The Morgan fingerprint density at radius 3 is 2.47 bits per heavy atom. The first-order valence-electron chi connectivity index (χ1n) is 11.9. The summed E-state index contributed by atoms with van der Waals surface area (Å²) in [5.41, 5.74) is 3.13. The van der Waals surface area contributed by atoms with E-state index in [4.69, 9.17) is 9.47 Å². The average molecular weight is 465 g/mol. The highest BCUT2D eigenvalue weighted by Gasteiger charge is 2.44. The number of ether oxygens (including phenoxy) is 2. The molecule has 2 fully saturated rings. The number of morpholine rings is 1. The van der Waals surface area contributed by atoms with Crippen LogP contribution in [0.25, 0.3) is 5.76 Å². The molecule has 180 valence electrons. The van der Waals surface area contributed by atoms with Gasteiger partial charge in [-0.05, 0) is 47.7 Å². The Labute approximate surface area is 200 Å². The van der Waals surface area contributed by atoms with Crippen LogP contribution in [-0.2, 0) is 20.7 Å². The van der Waals surface area contributed by atoms with Gasteiger partial charge in [0.05, 0.1) is 39.5 Å². The maximum Gasteiger partial charge on any atom is 0.295 e. The molecule has 34 heavy (non-hydrogen) atoms. The minimum absolute atomic E-state index is 0.0239. The molecule has 1 unspecified atom stereocenters. The molecule has 0 aliphatic carbocycles. The van der Waals surface area contributed by atoms with Gasteiger partial charge in [-0.25, -0.2) is 0 Å². The molecule has 2 saturated heterocycles. The fourth-order valence-electron chi connectivity index (χ4n) is 4.75. The molecule has 4 rings (SSSR count). The van der Waals surface area contributed by atoms with Crippen molar-refractivity contribution in [1.82, 2.24) is 4.90 Å². The predicted molar refractivity (Wildman–Crippen MR) is 126 cm³/mol. The van der Waals surface area contributed by atoms with E-state index in [0.29, 0.717) is 37.6 Å². The Bertz CT molecular complexity index is 1090. The lowest BCUT2D eigenvalue weighted by Crippen LogP contribution is -3.14. The van der Waals surface area contributed by atoms with Crippen molar-refractivity contribution in [2.45, 2.75) is 26.3 Å². The van der Waals surface area contributed by atoms with Crippen LogP contribution < -0.4 is 14.7 Å². The van der Waals surface area contributed by atoms with Crippen molar-refractivity contribution >= 4 is 17.4 Å². The summed E-state index contributed by atoms with van der Waals surface area (Å²) in [5, 5.41) is 13.6. The number of ketones is 1. The van der Waals surface area contributed by atoms with Crippen LogP contribution in [0.2, 0.25) is 0 Å². The summed E-state index contributed by atoms with van der Waals surface area (Å²) >= 11 is 0. The van der Waals surface area contributed by atoms with Gasteiger partial charge in [0.25, 0.3) is 5.91 Å². The molecule has 0 saturated carbocycles. The van der Waals surface area contributed by atoms with Crippen molar-refractivity contribution in [3.05, 3.63) is 70.3 Å². The fraction of sp³-hybridized carbons (Fsp3) is 0.407. The van der Waals surface area contributed by atoms with Crippen molar-refractivity contribution in [3.63, 3.8) is 0 Å². The number of Topliss-reactive ketones (excluding diaryl/α,β-unsaturated/α-hetero) is 1. The largest absolute Gasteiger partial charge is 0.872 e. The number of quaternary nitrogens is 1. The van der Waals surface area contributed by atoms with Crippen LogP contribution in [0.15, 0.2) is 48.0 Å². The molecule has 2 heterocycles. The maximum atomic E-state index is 13.6. The second kappa shape index (κ2) is 10.4. The number of nitrogens with zero attached hydrogens (tertiary/aromatic N) is 1. The van der Waals surface area contributed by atoms with Crippen LogP contribution in [0.5, 0.6) is 5.75 Å². The van der Waals surface area contributed by atoms with Crippen molar-refractivity contribution in [2.24, 2.45) is 0 Å². The molecule has 0 bridgehead atoms. The van der Waals surface area contributed by atoms with E-state index in [1.165, 1.54) is 4.90 Å². The van der Waals surface area contributed by atoms with Crippen molar-refractivity contribution in [2.75, 3.05) is 46.5 Å². The molecule has 7 nitrogen and oxygen atoms in total. The zero-order valence-corrected chi connectivity index (χ0v) is 20.1. The lowest BCUT2D eigenvalue weighted by molar-refractivity contribution is -0.907. The van der Waals surface area contributed by atoms with E-state index in [0.717, 1.165) is 36.2 Å². The number of methoxy groups -OCH3 is 1. The maximum absolute atomic E-state index is 13.6. The van der Waals surface area contributed by atoms with Crippen LogP contribution in [0.4, 0.5) is 0 Å². The van der Waals surface area contributed by atoms with Gasteiger partial charge in [-0.1, -0.05) is 43.0 Å². The number of aryl methyl sites for hydroxylation is 2. The van der Waals surface area contributed by atoms with E-state index in [2.05, 4.69) is 6.92 Å². The molecule has 0 aromatic heterocycles. The molecule has 0 spiro atoms. The number of nitrogens with one attached hydrogen (secondary N) is 1. The molecule has 2 aromatic carbocycles. The van der Waals surface area contributed by atoms with E-state index < -0.39 is 23.5 Å². The number of likely N-dealkylation sites (tertiary alicyclic amines) is 1. The Hall–Kier alpha value is -3.16. The van der Waals surface area contributed by atoms with Crippen LogP contribution in [0.1, 0.15) is 35.2 Å². The minimum atomic E-state index is -0.708. The van der Waals surface area contributed by atoms with Crippen molar-refractivity contribution in [3.8, 4) is 5.75 Å². The van der Waals surface area contributed by atoms with Crippen LogP contribution in [0, 0.1) is 6.92 Å².